The van der Waals surface area contributed by atoms with Crippen LogP contribution in [0.4, 0.5) is 0 Å². The van der Waals surface area contributed by atoms with Gasteiger partial charge in [0.2, 0.25) is 0 Å². The molecular weight excluding hydrogens is 361 g/mol. The molecule has 6 heteroatoms. The molecule has 2 rings (SSSR count). The van der Waals surface area contributed by atoms with Gasteiger partial charge in [0.05, 0.1) is 12.1 Å². The Kier molecular flexibility index (Phi) is 7.41. The van der Waals surface area contributed by atoms with Crippen LogP contribution < -0.4 is 14.8 Å². The summed E-state index contributed by atoms with van der Waals surface area (Å²) in [5, 5.41) is 3.81. The highest BCUT2D eigenvalue weighted by atomic mass is 35.5. The quantitative estimate of drug-likeness (QED) is 0.709. The Morgan fingerprint density at radius 3 is 2.48 bits per heavy atom. The molecule has 0 heterocycles. The van der Waals surface area contributed by atoms with Gasteiger partial charge in [-0.25, -0.2) is 0 Å². The lowest BCUT2D eigenvalue weighted by Crippen LogP contribution is -2.38. The number of nitrogens with one attached hydrogen (secondary N) is 1. The number of hydrogen-bond donors (Lipinski definition) is 1. The molecule has 1 atom stereocenters. The molecule has 0 spiro atoms. The van der Waals surface area contributed by atoms with E-state index in [1.165, 1.54) is 0 Å². The second-order valence-electron chi connectivity index (χ2n) is 5.54. The Morgan fingerprint density at radius 1 is 1.16 bits per heavy atom. The van der Waals surface area contributed by atoms with Gasteiger partial charge in [-0.2, -0.15) is 0 Å². The maximum absolute atomic E-state index is 12.5. The molecule has 0 saturated heterocycles. The number of halogens is 2. The number of ether oxygens (including phenoxy) is 2. The van der Waals surface area contributed by atoms with Gasteiger partial charge in [0.1, 0.15) is 11.5 Å². The fourth-order valence-electron chi connectivity index (χ4n) is 2.28. The zero-order chi connectivity index (χ0) is 18.2. The first kappa shape index (κ1) is 19.4. The molecule has 2 aromatic rings. The number of amides is 1. The first-order chi connectivity index (χ1) is 12.0. The van der Waals surface area contributed by atoms with Crippen molar-refractivity contribution in [2.24, 2.45) is 0 Å². The highest BCUT2D eigenvalue weighted by Crippen LogP contribution is 2.29. The van der Waals surface area contributed by atoms with E-state index < -0.39 is 6.10 Å². The number of carbonyl (C=O) groups excluding carboxylic acids is 1. The first-order valence-corrected chi connectivity index (χ1v) is 8.81. The Hall–Kier alpha value is -1.91. The second kappa shape index (κ2) is 9.54. The molecule has 0 radical (unpaired) electrons. The van der Waals surface area contributed by atoms with Crippen molar-refractivity contribution in [2.75, 3.05) is 7.11 Å². The lowest BCUT2D eigenvalue weighted by atomic mass is 10.1. The largest absolute Gasteiger partial charge is 0.497 e. The fraction of sp³-hybridized carbons (Fsp3) is 0.316. The molecule has 0 saturated carbocycles. The molecule has 4 nitrogen and oxygen atoms in total. The van der Waals surface area contributed by atoms with Gasteiger partial charge in [-0.05, 0) is 42.3 Å². The maximum Gasteiger partial charge on any atom is 0.261 e. The molecular formula is C19H21Cl2NO3. The van der Waals surface area contributed by atoms with Crippen LogP contribution in [0.2, 0.25) is 10.0 Å². The van der Waals surface area contributed by atoms with Gasteiger partial charge >= 0.3 is 0 Å². The predicted octanol–water partition coefficient (Wildman–Crippen LogP) is 4.87. The van der Waals surface area contributed by atoms with E-state index in [1.807, 2.05) is 31.2 Å². The highest BCUT2D eigenvalue weighted by Gasteiger charge is 2.20. The van der Waals surface area contributed by atoms with Crippen LogP contribution in [-0.4, -0.2) is 19.1 Å². The fourth-order valence-corrected chi connectivity index (χ4v) is 2.73. The molecule has 134 valence electrons. The van der Waals surface area contributed by atoms with Crippen molar-refractivity contribution in [1.82, 2.24) is 5.32 Å². The van der Waals surface area contributed by atoms with Gasteiger partial charge in [0, 0.05) is 11.6 Å². The van der Waals surface area contributed by atoms with E-state index in [2.05, 4.69) is 5.32 Å². The van der Waals surface area contributed by atoms with Gasteiger partial charge in [-0.1, -0.05) is 48.7 Å². The van der Waals surface area contributed by atoms with Crippen molar-refractivity contribution >= 4 is 29.1 Å². The van der Waals surface area contributed by atoms with Crippen LogP contribution >= 0.6 is 23.2 Å². The molecule has 0 aliphatic heterocycles. The summed E-state index contributed by atoms with van der Waals surface area (Å²) in [6.45, 7) is 2.41. The lowest BCUT2D eigenvalue weighted by molar-refractivity contribution is -0.128. The summed E-state index contributed by atoms with van der Waals surface area (Å²) in [4.78, 5) is 12.5. The molecule has 1 unspecified atom stereocenters. The highest BCUT2D eigenvalue weighted by molar-refractivity contribution is 6.35. The Bertz CT molecular complexity index is 704. The van der Waals surface area contributed by atoms with Crippen molar-refractivity contribution in [3.8, 4) is 11.5 Å². The molecule has 0 bridgehead atoms. The maximum atomic E-state index is 12.5. The van der Waals surface area contributed by atoms with Gasteiger partial charge in [0.15, 0.2) is 6.10 Å². The summed E-state index contributed by atoms with van der Waals surface area (Å²) in [7, 11) is 1.62. The first-order valence-electron chi connectivity index (χ1n) is 8.05. The summed E-state index contributed by atoms with van der Waals surface area (Å²) in [6.07, 6.45) is 0.793. The molecule has 0 aliphatic carbocycles. The second-order valence-corrected chi connectivity index (χ2v) is 6.38. The number of rotatable bonds is 8. The summed E-state index contributed by atoms with van der Waals surface area (Å²) < 4.78 is 10.9. The van der Waals surface area contributed by atoms with E-state index in [0.29, 0.717) is 28.8 Å². The lowest BCUT2D eigenvalue weighted by Gasteiger charge is -2.19. The van der Waals surface area contributed by atoms with E-state index in [9.17, 15) is 4.79 Å². The van der Waals surface area contributed by atoms with Crippen molar-refractivity contribution < 1.29 is 14.3 Å². The molecule has 1 amide bonds. The summed E-state index contributed by atoms with van der Waals surface area (Å²) in [6, 6.07) is 12.5. The van der Waals surface area contributed by atoms with E-state index >= 15 is 0 Å². The van der Waals surface area contributed by atoms with Crippen LogP contribution in [0.15, 0.2) is 42.5 Å². The summed E-state index contributed by atoms with van der Waals surface area (Å²) in [5.41, 5.74) is 0.980. The van der Waals surface area contributed by atoms with E-state index in [4.69, 9.17) is 32.7 Å². The molecule has 0 aliphatic rings. The van der Waals surface area contributed by atoms with Crippen molar-refractivity contribution in [3.05, 3.63) is 58.1 Å². The van der Waals surface area contributed by atoms with Crippen LogP contribution in [0.5, 0.6) is 11.5 Å². The number of hydrogen-bond acceptors (Lipinski definition) is 3. The van der Waals surface area contributed by atoms with Crippen LogP contribution in [0.3, 0.4) is 0 Å². The topological polar surface area (TPSA) is 47.6 Å². The van der Waals surface area contributed by atoms with Crippen LogP contribution in [-0.2, 0) is 11.3 Å². The van der Waals surface area contributed by atoms with Gasteiger partial charge in [0.25, 0.3) is 5.91 Å². The zero-order valence-corrected chi connectivity index (χ0v) is 15.7. The van der Waals surface area contributed by atoms with E-state index in [-0.39, 0.29) is 5.91 Å². The third kappa shape index (κ3) is 5.83. The summed E-state index contributed by atoms with van der Waals surface area (Å²) >= 11 is 12.0. The van der Waals surface area contributed by atoms with Crippen molar-refractivity contribution in [3.63, 3.8) is 0 Å². The normalized spacial score (nSPS) is 11.7. The minimum absolute atomic E-state index is 0.177. The monoisotopic (exact) mass is 381 g/mol. The Balaban J connectivity index is 1.98. The molecule has 25 heavy (non-hydrogen) atoms. The molecule has 1 N–H and O–H groups in total. The van der Waals surface area contributed by atoms with E-state index in [1.54, 1.807) is 25.3 Å². The molecule has 0 fully saturated rings. The third-order valence-electron chi connectivity index (χ3n) is 3.63. The smallest absolute Gasteiger partial charge is 0.261 e. The molecule has 0 aromatic heterocycles. The van der Waals surface area contributed by atoms with Crippen LogP contribution in [0, 0.1) is 0 Å². The number of carbonyl (C=O) groups is 1. The average molecular weight is 382 g/mol. The number of methoxy groups -OCH3 is 1. The van der Waals surface area contributed by atoms with E-state index in [0.717, 1.165) is 17.7 Å². The zero-order valence-electron chi connectivity index (χ0n) is 14.2. The SMILES string of the molecule is CCCC(Oc1ccc(Cl)cc1Cl)C(=O)NCc1ccc(OC)cc1. The summed E-state index contributed by atoms with van der Waals surface area (Å²) in [5.74, 6) is 1.05. The van der Waals surface area contributed by atoms with Gasteiger partial charge in [-0.3, -0.25) is 4.79 Å². The minimum atomic E-state index is -0.609. The van der Waals surface area contributed by atoms with Gasteiger partial charge < -0.3 is 14.8 Å². The Labute approximate surface area is 158 Å². The van der Waals surface area contributed by atoms with Crippen LogP contribution in [0.1, 0.15) is 25.3 Å². The Morgan fingerprint density at radius 2 is 1.88 bits per heavy atom. The average Bonchev–Trinajstić information content (AvgIpc) is 2.61. The van der Waals surface area contributed by atoms with Crippen LogP contribution in [0.25, 0.3) is 0 Å². The van der Waals surface area contributed by atoms with Gasteiger partial charge in [-0.15, -0.1) is 0 Å². The predicted molar refractivity (Wildman–Crippen MR) is 101 cm³/mol. The van der Waals surface area contributed by atoms with Crippen molar-refractivity contribution in [1.29, 1.82) is 0 Å². The molecule has 2 aromatic carbocycles. The standard InChI is InChI=1S/C19H21Cl2NO3/c1-3-4-18(25-17-10-7-14(20)11-16(17)21)19(23)22-12-13-5-8-15(24-2)9-6-13/h5-11,18H,3-4,12H2,1-2H3,(H,22,23). The minimum Gasteiger partial charge on any atom is -0.497 e. The van der Waals surface area contributed by atoms with Crippen molar-refractivity contribution in [2.45, 2.75) is 32.4 Å². The third-order valence-corrected chi connectivity index (χ3v) is 4.16. The number of benzene rings is 2.